The molecule has 12 heavy (non-hydrogen) atoms. The van der Waals surface area contributed by atoms with Gasteiger partial charge in [0.2, 0.25) is 0 Å². The normalized spacial score (nSPS) is 13.8. The van der Waals surface area contributed by atoms with E-state index in [4.69, 9.17) is 5.73 Å². The lowest BCUT2D eigenvalue weighted by Gasteiger charge is -1.97. The molecule has 1 heteroatoms. The molecule has 0 aliphatic rings. The molecule has 0 unspecified atom stereocenters. The largest absolute Gasteiger partial charge is 0.405 e. The van der Waals surface area contributed by atoms with Crippen LogP contribution in [0.3, 0.4) is 0 Å². The molecule has 0 heterocycles. The van der Waals surface area contributed by atoms with Crippen molar-refractivity contribution in [3.05, 3.63) is 48.2 Å². The van der Waals surface area contributed by atoms with Crippen molar-refractivity contribution < 1.29 is 0 Å². The zero-order valence-corrected chi connectivity index (χ0v) is 7.88. The molecule has 0 aliphatic heterocycles. The summed E-state index contributed by atoms with van der Waals surface area (Å²) in [5.74, 6) is 0. The molecule has 0 aromatic heterocycles. The predicted molar refractivity (Wildman–Crippen MR) is 55.7 cm³/mol. The predicted octanol–water partition coefficient (Wildman–Crippen LogP) is 2.93. The number of hydrogen-bond donors (Lipinski definition) is 1. The molecule has 0 radical (unpaired) electrons. The third-order valence-corrected chi connectivity index (χ3v) is 1.55. The summed E-state index contributed by atoms with van der Waals surface area (Å²) in [5.41, 5.74) is 7.54. The maximum atomic E-state index is 5.28. The van der Waals surface area contributed by atoms with Crippen molar-refractivity contribution in [2.45, 2.75) is 20.3 Å². The molecule has 66 valence electrons. The van der Waals surface area contributed by atoms with E-state index in [1.807, 2.05) is 13.0 Å². The third-order valence-electron chi connectivity index (χ3n) is 1.55. The average Bonchev–Trinajstić information content (AvgIpc) is 2.10. The van der Waals surface area contributed by atoms with E-state index in [0.717, 1.165) is 12.0 Å². The summed E-state index contributed by atoms with van der Waals surface area (Å²) in [4.78, 5) is 0. The molecule has 0 spiro atoms. The van der Waals surface area contributed by atoms with Crippen LogP contribution >= 0.6 is 0 Å². The van der Waals surface area contributed by atoms with Crippen molar-refractivity contribution in [1.82, 2.24) is 0 Å². The molecule has 0 aliphatic carbocycles. The van der Waals surface area contributed by atoms with E-state index in [2.05, 4.69) is 25.7 Å². The van der Waals surface area contributed by atoms with Gasteiger partial charge in [-0.25, -0.2) is 0 Å². The minimum atomic E-state index is 1.05. The summed E-state index contributed by atoms with van der Waals surface area (Å²) in [6.45, 7) is 7.86. The van der Waals surface area contributed by atoms with Gasteiger partial charge in [-0.3, -0.25) is 0 Å². The van der Waals surface area contributed by atoms with Gasteiger partial charge >= 0.3 is 0 Å². The fourth-order valence-corrected chi connectivity index (χ4v) is 0.855. The first kappa shape index (κ1) is 10.8. The third kappa shape index (κ3) is 3.81. The molecule has 0 atom stereocenters. The molecular weight excluding hydrogens is 146 g/mol. The Balaban J connectivity index is 4.59. The summed E-state index contributed by atoms with van der Waals surface area (Å²) in [5, 5.41) is 0. The van der Waals surface area contributed by atoms with Crippen molar-refractivity contribution in [2.75, 3.05) is 0 Å². The molecule has 0 amide bonds. The SMILES string of the molecule is C=CC(/C=C\N)=C(C)\C=C/CC. The minimum Gasteiger partial charge on any atom is -0.405 e. The quantitative estimate of drug-likeness (QED) is 0.633. The lowest BCUT2D eigenvalue weighted by Crippen LogP contribution is -1.82. The van der Waals surface area contributed by atoms with E-state index < -0.39 is 0 Å². The van der Waals surface area contributed by atoms with Crippen molar-refractivity contribution in [1.29, 1.82) is 0 Å². The Labute approximate surface area is 75.0 Å². The summed E-state index contributed by atoms with van der Waals surface area (Å²) < 4.78 is 0. The first-order valence-electron chi connectivity index (χ1n) is 4.14. The molecule has 0 saturated heterocycles. The zero-order valence-electron chi connectivity index (χ0n) is 7.88. The molecule has 0 aromatic rings. The Bertz CT molecular complexity index is 219. The smallest absolute Gasteiger partial charge is 0.00563 e. The molecule has 1 nitrogen and oxygen atoms in total. The van der Waals surface area contributed by atoms with Crippen LogP contribution in [-0.4, -0.2) is 0 Å². The van der Waals surface area contributed by atoms with Crippen LogP contribution in [0, 0.1) is 0 Å². The molecule has 2 N–H and O–H groups in total. The van der Waals surface area contributed by atoms with E-state index in [1.165, 1.54) is 11.8 Å². The zero-order chi connectivity index (χ0) is 9.40. The van der Waals surface area contributed by atoms with Gasteiger partial charge in [0.25, 0.3) is 0 Å². The van der Waals surface area contributed by atoms with Crippen LogP contribution in [0.2, 0.25) is 0 Å². The van der Waals surface area contributed by atoms with E-state index in [-0.39, 0.29) is 0 Å². The van der Waals surface area contributed by atoms with Crippen molar-refractivity contribution >= 4 is 0 Å². The van der Waals surface area contributed by atoms with Gasteiger partial charge in [-0.15, -0.1) is 0 Å². The van der Waals surface area contributed by atoms with E-state index >= 15 is 0 Å². The Kier molecular flexibility index (Phi) is 5.80. The maximum Gasteiger partial charge on any atom is -0.00563 e. The number of rotatable bonds is 4. The average molecular weight is 163 g/mol. The van der Waals surface area contributed by atoms with Gasteiger partial charge in [-0.2, -0.15) is 0 Å². The Morgan fingerprint density at radius 1 is 1.42 bits per heavy atom. The van der Waals surface area contributed by atoms with Gasteiger partial charge in [0.1, 0.15) is 0 Å². The van der Waals surface area contributed by atoms with Crippen LogP contribution in [0.1, 0.15) is 20.3 Å². The van der Waals surface area contributed by atoms with Gasteiger partial charge in [0.05, 0.1) is 0 Å². The summed E-state index contributed by atoms with van der Waals surface area (Å²) in [6, 6.07) is 0. The highest BCUT2D eigenvalue weighted by molar-refractivity contribution is 5.38. The second kappa shape index (κ2) is 6.47. The lowest BCUT2D eigenvalue weighted by atomic mass is 10.1. The molecule has 0 fully saturated rings. The Morgan fingerprint density at radius 2 is 2.08 bits per heavy atom. The Hall–Kier alpha value is -1.24. The number of allylic oxidation sites excluding steroid dienone is 6. The second-order valence-corrected chi connectivity index (χ2v) is 2.51. The summed E-state index contributed by atoms with van der Waals surface area (Å²) in [6.07, 6.45) is 10.4. The monoisotopic (exact) mass is 163 g/mol. The van der Waals surface area contributed by atoms with Crippen LogP contribution in [-0.2, 0) is 0 Å². The molecular formula is C11H17N. The van der Waals surface area contributed by atoms with Crippen LogP contribution in [0.15, 0.2) is 48.2 Å². The highest BCUT2D eigenvalue weighted by atomic mass is 14.5. The Morgan fingerprint density at radius 3 is 2.50 bits per heavy atom. The number of nitrogens with two attached hydrogens (primary N) is 1. The lowest BCUT2D eigenvalue weighted by molar-refractivity contribution is 1.21. The summed E-state index contributed by atoms with van der Waals surface area (Å²) in [7, 11) is 0. The van der Waals surface area contributed by atoms with Crippen LogP contribution < -0.4 is 5.73 Å². The first-order chi connectivity index (χ1) is 5.76. The highest BCUT2D eigenvalue weighted by Gasteiger charge is 1.88. The van der Waals surface area contributed by atoms with Crippen molar-refractivity contribution in [2.24, 2.45) is 5.73 Å². The fraction of sp³-hybridized carbons (Fsp3) is 0.273. The highest BCUT2D eigenvalue weighted by Crippen LogP contribution is 2.08. The van der Waals surface area contributed by atoms with E-state index in [0.29, 0.717) is 0 Å². The standard InChI is InChI=1S/C11H17N/c1-4-6-7-10(3)11(5-2)8-9-12/h5-9H,2,4,12H2,1,3H3/b7-6-,9-8-,11-10+. The second-order valence-electron chi connectivity index (χ2n) is 2.51. The van der Waals surface area contributed by atoms with Gasteiger partial charge in [-0.1, -0.05) is 31.7 Å². The van der Waals surface area contributed by atoms with Gasteiger partial charge in [0.15, 0.2) is 0 Å². The molecule has 0 saturated carbocycles. The van der Waals surface area contributed by atoms with Gasteiger partial charge < -0.3 is 5.73 Å². The summed E-state index contributed by atoms with van der Waals surface area (Å²) >= 11 is 0. The van der Waals surface area contributed by atoms with Gasteiger partial charge in [-0.05, 0) is 36.8 Å². The van der Waals surface area contributed by atoms with E-state index in [1.54, 1.807) is 6.08 Å². The van der Waals surface area contributed by atoms with Gasteiger partial charge in [0, 0.05) is 0 Å². The van der Waals surface area contributed by atoms with Crippen molar-refractivity contribution in [3.8, 4) is 0 Å². The number of hydrogen-bond acceptors (Lipinski definition) is 1. The molecule has 0 bridgehead atoms. The first-order valence-corrected chi connectivity index (χ1v) is 4.14. The van der Waals surface area contributed by atoms with Crippen molar-refractivity contribution in [3.63, 3.8) is 0 Å². The van der Waals surface area contributed by atoms with Crippen LogP contribution in [0.25, 0.3) is 0 Å². The van der Waals surface area contributed by atoms with E-state index in [9.17, 15) is 0 Å². The van der Waals surface area contributed by atoms with Crippen LogP contribution in [0.4, 0.5) is 0 Å². The molecule has 0 aromatic carbocycles. The molecule has 0 rings (SSSR count). The topological polar surface area (TPSA) is 26.0 Å². The maximum absolute atomic E-state index is 5.28. The fourth-order valence-electron chi connectivity index (χ4n) is 0.855. The van der Waals surface area contributed by atoms with Crippen LogP contribution in [0.5, 0.6) is 0 Å². The minimum absolute atomic E-state index is 1.05.